The van der Waals surface area contributed by atoms with Gasteiger partial charge in [-0.15, -0.1) is 0 Å². The van der Waals surface area contributed by atoms with Gasteiger partial charge >= 0.3 is 6.03 Å². The third-order valence-corrected chi connectivity index (χ3v) is 3.58. The highest BCUT2D eigenvalue weighted by molar-refractivity contribution is 6.06. The Bertz CT molecular complexity index is 873. The Kier molecular flexibility index (Phi) is 7.19. The molecule has 8 nitrogen and oxygen atoms in total. The number of carbonyl (C=O) groups excluding carboxylic acids is 3. The molecule has 0 saturated heterocycles. The molecule has 0 heterocycles. The van der Waals surface area contributed by atoms with Crippen LogP contribution in [0.3, 0.4) is 0 Å². The van der Waals surface area contributed by atoms with E-state index >= 15 is 0 Å². The molecule has 3 N–H and O–H groups in total. The lowest BCUT2D eigenvalue weighted by molar-refractivity contribution is -0.122. The van der Waals surface area contributed by atoms with Crippen LogP contribution in [0.25, 0.3) is 0 Å². The molecule has 0 aliphatic heterocycles. The van der Waals surface area contributed by atoms with Crippen molar-refractivity contribution in [1.29, 1.82) is 0 Å². The van der Waals surface area contributed by atoms with E-state index in [0.29, 0.717) is 22.7 Å². The summed E-state index contributed by atoms with van der Waals surface area (Å²) in [6.07, 6.45) is 0. The standard InChI is InChI=1S/C21H25N3O5/c1-21(2,3)24-20(27)23-18(25)13-29-15-11-9-14(10-12-15)22-19(26)16-7-5-6-8-17(16)28-4/h5-12H,13H2,1-4H3,(H,22,26)(H2,23,24,25,27). The minimum Gasteiger partial charge on any atom is -0.496 e. The fourth-order valence-corrected chi connectivity index (χ4v) is 2.35. The highest BCUT2D eigenvalue weighted by Gasteiger charge is 2.16. The van der Waals surface area contributed by atoms with Crippen molar-refractivity contribution >= 4 is 23.5 Å². The lowest BCUT2D eigenvalue weighted by atomic mass is 10.1. The molecule has 4 amide bonds. The lowest BCUT2D eigenvalue weighted by Crippen LogP contribution is -2.49. The van der Waals surface area contributed by atoms with Crippen LogP contribution < -0.4 is 25.4 Å². The van der Waals surface area contributed by atoms with Gasteiger partial charge in [0.25, 0.3) is 11.8 Å². The number of hydrogen-bond donors (Lipinski definition) is 3. The number of para-hydroxylation sites is 1. The topological polar surface area (TPSA) is 106 Å². The summed E-state index contributed by atoms with van der Waals surface area (Å²) >= 11 is 0. The number of nitrogens with one attached hydrogen (secondary N) is 3. The predicted octanol–water partition coefficient (Wildman–Crippen LogP) is 2.95. The van der Waals surface area contributed by atoms with Crippen molar-refractivity contribution in [2.24, 2.45) is 0 Å². The number of carbonyl (C=O) groups is 3. The molecule has 0 radical (unpaired) electrons. The quantitative estimate of drug-likeness (QED) is 0.693. The molecule has 2 aromatic carbocycles. The summed E-state index contributed by atoms with van der Waals surface area (Å²) < 4.78 is 10.5. The summed E-state index contributed by atoms with van der Waals surface area (Å²) in [5.41, 5.74) is 0.526. The van der Waals surface area contributed by atoms with Gasteiger partial charge in [-0.25, -0.2) is 4.79 Å². The summed E-state index contributed by atoms with van der Waals surface area (Å²) in [7, 11) is 1.50. The summed E-state index contributed by atoms with van der Waals surface area (Å²) in [5.74, 6) is 0.0267. The first-order valence-corrected chi connectivity index (χ1v) is 8.97. The SMILES string of the molecule is COc1ccccc1C(=O)Nc1ccc(OCC(=O)NC(=O)NC(C)(C)C)cc1. The van der Waals surface area contributed by atoms with Crippen LogP contribution >= 0.6 is 0 Å². The highest BCUT2D eigenvalue weighted by Crippen LogP contribution is 2.20. The average Bonchev–Trinajstić information content (AvgIpc) is 2.65. The molecular formula is C21H25N3O5. The van der Waals surface area contributed by atoms with Crippen molar-refractivity contribution in [1.82, 2.24) is 10.6 Å². The van der Waals surface area contributed by atoms with Gasteiger partial charge in [-0.1, -0.05) is 12.1 Å². The van der Waals surface area contributed by atoms with E-state index in [1.807, 2.05) is 20.8 Å². The van der Waals surface area contributed by atoms with Crippen LogP contribution in [0.1, 0.15) is 31.1 Å². The molecular weight excluding hydrogens is 374 g/mol. The Hall–Kier alpha value is -3.55. The second-order valence-corrected chi connectivity index (χ2v) is 7.22. The van der Waals surface area contributed by atoms with Crippen LogP contribution in [0.15, 0.2) is 48.5 Å². The van der Waals surface area contributed by atoms with Gasteiger partial charge in [0.2, 0.25) is 0 Å². The zero-order chi connectivity index (χ0) is 21.4. The third-order valence-electron chi connectivity index (χ3n) is 3.58. The van der Waals surface area contributed by atoms with E-state index in [1.54, 1.807) is 48.5 Å². The fraction of sp³-hybridized carbons (Fsp3) is 0.286. The third kappa shape index (κ3) is 7.17. The Morgan fingerprint density at radius 1 is 0.966 bits per heavy atom. The van der Waals surface area contributed by atoms with E-state index in [4.69, 9.17) is 9.47 Å². The molecule has 0 aromatic heterocycles. The van der Waals surface area contributed by atoms with Gasteiger partial charge < -0.3 is 20.1 Å². The minimum absolute atomic E-state index is 0.305. The van der Waals surface area contributed by atoms with Crippen molar-refractivity contribution in [2.45, 2.75) is 26.3 Å². The summed E-state index contributed by atoms with van der Waals surface area (Å²) in [4.78, 5) is 35.8. The van der Waals surface area contributed by atoms with Crippen molar-refractivity contribution < 1.29 is 23.9 Å². The van der Waals surface area contributed by atoms with Crippen LogP contribution in [0.5, 0.6) is 11.5 Å². The molecule has 0 atom stereocenters. The Morgan fingerprint density at radius 2 is 1.62 bits per heavy atom. The first-order valence-electron chi connectivity index (χ1n) is 8.97. The first kappa shape index (κ1) is 21.7. The molecule has 2 aromatic rings. The normalized spacial score (nSPS) is 10.6. The van der Waals surface area contributed by atoms with Crippen molar-refractivity contribution in [2.75, 3.05) is 19.0 Å². The van der Waals surface area contributed by atoms with E-state index in [0.717, 1.165) is 0 Å². The number of imide groups is 1. The molecule has 2 rings (SSSR count). The van der Waals surface area contributed by atoms with Gasteiger partial charge in [0.05, 0.1) is 12.7 Å². The number of anilines is 1. The first-order chi connectivity index (χ1) is 13.7. The fourth-order valence-electron chi connectivity index (χ4n) is 2.35. The molecule has 0 unspecified atom stereocenters. The molecule has 0 saturated carbocycles. The zero-order valence-electron chi connectivity index (χ0n) is 16.9. The maximum Gasteiger partial charge on any atom is 0.321 e. The van der Waals surface area contributed by atoms with Crippen LogP contribution in [-0.2, 0) is 4.79 Å². The van der Waals surface area contributed by atoms with Crippen molar-refractivity contribution in [3.05, 3.63) is 54.1 Å². The summed E-state index contributed by atoms with van der Waals surface area (Å²) in [5, 5.41) is 7.58. The highest BCUT2D eigenvalue weighted by atomic mass is 16.5. The Labute approximate surface area is 169 Å². The van der Waals surface area contributed by atoms with Crippen LogP contribution in [0, 0.1) is 0 Å². The smallest absolute Gasteiger partial charge is 0.321 e. The molecule has 154 valence electrons. The van der Waals surface area contributed by atoms with Gasteiger partial charge in [0.15, 0.2) is 6.61 Å². The number of rotatable bonds is 6. The van der Waals surface area contributed by atoms with Crippen LogP contribution in [0.4, 0.5) is 10.5 Å². The van der Waals surface area contributed by atoms with E-state index in [-0.39, 0.29) is 12.5 Å². The molecule has 0 aliphatic carbocycles. The van der Waals surface area contributed by atoms with Gasteiger partial charge in [0, 0.05) is 11.2 Å². The number of hydrogen-bond acceptors (Lipinski definition) is 5. The van der Waals surface area contributed by atoms with Gasteiger partial charge in [-0.05, 0) is 57.2 Å². The van der Waals surface area contributed by atoms with Crippen molar-refractivity contribution in [3.63, 3.8) is 0 Å². The maximum absolute atomic E-state index is 12.4. The number of urea groups is 1. The van der Waals surface area contributed by atoms with Gasteiger partial charge in [-0.3, -0.25) is 14.9 Å². The van der Waals surface area contributed by atoms with E-state index in [1.165, 1.54) is 7.11 Å². The Balaban J connectivity index is 1.86. The predicted molar refractivity (Wildman–Crippen MR) is 109 cm³/mol. The van der Waals surface area contributed by atoms with Crippen LogP contribution in [0.2, 0.25) is 0 Å². The Morgan fingerprint density at radius 3 is 2.24 bits per heavy atom. The largest absolute Gasteiger partial charge is 0.496 e. The average molecular weight is 399 g/mol. The number of benzene rings is 2. The number of amides is 4. The van der Waals surface area contributed by atoms with Crippen molar-refractivity contribution in [3.8, 4) is 11.5 Å². The minimum atomic E-state index is -0.583. The molecule has 0 fully saturated rings. The number of ether oxygens (including phenoxy) is 2. The van der Waals surface area contributed by atoms with Gasteiger partial charge in [0.1, 0.15) is 11.5 Å². The zero-order valence-corrected chi connectivity index (χ0v) is 16.9. The second kappa shape index (κ2) is 9.59. The second-order valence-electron chi connectivity index (χ2n) is 7.22. The van der Waals surface area contributed by atoms with Gasteiger partial charge in [-0.2, -0.15) is 0 Å². The summed E-state index contributed by atoms with van der Waals surface area (Å²) in [6.45, 7) is 5.11. The van der Waals surface area contributed by atoms with E-state index in [9.17, 15) is 14.4 Å². The molecule has 8 heteroatoms. The molecule has 29 heavy (non-hydrogen) atoms. The monoisotopic (exact) mass is 399 g/mol. The molecule has 0 spiro atoms. The molecule has 0 aliphatic rings. The van der Waals surface area contributed by atoms with E-state index in [2.05, 4.69) is 16.0 Å². The molecule has 0 bridgehead atoms. The maximum atomic E-state index is 12.4. The summed E-state index contributed by atoms with van der Waals surface area (Å²) in [6, 6.07) is 12.8. The number of methoxy groups -OCH3 is 1. The lowest BCUT2D eigenvalue weighted by Gasteiger charge is -2.20. The van der Waals surface area contributed by atoms with Crippen LogP contribution in [-0.4, -0.2) is 37.1 Å². The van der Waals surface area contributed by atoms with E-state index < -0.39 is 17.5 Å².